The van der Waals surface area contributed by atoms with Gasteiger partial charge in [-0.3, -0.25) is 4.79 Å². The number of carbonyl (C=O) groups is 1. The van der Waals surface area contributed by atoms with E-state index in [1.54, 1.807) is 6.07 Å². The third kappa shape index (κ3) is 3.03. The SMILES string of the molecule is CN(Cc1ccc(F)cc1F)C(=O)c1ccc(CN)o1. The van der Waals surface area contributed by atoms with Crippen molar-refractivity contribution in [2.75, 3.05) is 7.05 Å². The van der Waals surface area contributed by atoms with Gasteiger partial charge in [-0.15, -0.1) is 0 Å². The smallest absolute Gasteiger partial charge is 0.289 e. The van der Waals surface area contributed by atoms with Gasteiger partial charge in [0.25, 0.3) is 5.91 Å². The van der Waals surface area contributed by atoms with E-state index in [-0.39, 0.29) is 24.4 Å². The minimum atomic E-state index is -0.688. The van der Waals surface area contributed by atoms with Gasteiger partial charge in [-0.1, -0.05) is 6.07 Å². The molecule has 0 saturated heterocycles. The van der Waals surface area contributed by atoms with E-state index in [1.165, 1.54) is 24.1 Å². The third-order valence-corrected chi connectivity index (χ3v) is 2.84. The van der Waals surface area contributed by atoms with Crippen molar-refractivity contribution in [3.05, 3.63) is 59.1 Å². The van der Waals surface area contributed by atoms with Gasteiger partial charge in [0.05, 0.1) is 6.54 Å². The Morgan fingerprint density at radius 3 is 2.65 bits per heavy atom. The Bertz CT molecular complexity index is 625. The molecule has 4 nitrogen and oxygen atoms in total. The summed E-state index contributed by atoms with van der Waals surface area (Å²) >= 11 is 0. The van der Waals surface area contributed by atoms with Gasteiger partial charge in [0.1, 0.15) is 17.4 Å². The van der Waals surface area contributed by atoms with Crippen LogP contribution in [0, 0.1) is 11.6 Å². The monoisotopic (exact) mass is 280 g/mol. The Balaban J connectivity index is 2.11. The molecular formula is C14H14F2N2O2. The van der Waals surface area contributed by atoms with Crippen molar-refractivity contribution in [3.63, 3.8) is 0 Å². The molecule has 1 heterocycles. The highest BCUT2D eigenvalue weighted by molar-refractivity contribution is 5.91. The molecule has 2 aromatic rings. The van der Waals surface area contributed by atoms with Crippen LogP contribution in [0.2, 0.25) is 0 Å². The number of furan rings is 1. The number of amides is 1. The zero-order valence-corrected chi connectivity index (χ0v) is 10.9. The second-order valence-corrected chi connectivity index (χ2v) is 4.37. The molecule has 0 spiro atoms. The zero-order valence-electron chi connectivity index (χ0n) is 10.9. The van der Waals surface area contributed by atoms with Crippen LogP contribution in [0.15, 0.2) is 34.7 Å². The van der Waals surface area contributed by atoms with Crippen LogP contribution in [-0.2, 0) is 13.1 Å². The van der Waals surface area contributed by atoms with Crippen LogP contribution in [-0.4, -0.2) is 17.9 Å². The molecule has 0 atom stereocenters. The second-order valence-electron chi connectivity index (χ2n) is 4.37. The molecule has 0 fully saturated rings. The summed E-state index contributed by atoms with van der Waals surface area (Å²) in [5.74, 6) is -1.11. The first-order chi connectivity index (χ1) is 9.51. The predicted octanol–water partition coefficient (Wildman–Crippen LogP) is 2.29. The number of halogens is 2. The summed E-state index contributed by atoms with van der Waals surface area (Å²) in [6.07, 6.45) is 0. The molecule has 0 unspecified atom stereocenters. The molecule has 0 aliphatic rings. The molecule has 0 aliphatic carbocycles. The van der Waals surface area contributed by atoms with Crippen LogP contribution in [0.3, 0.4) is 0 Å². The van der Waals surface area contributed by atoms with E-state index < -0.39 is 17.5 Å². The summed E-state index contributed by atoms with van der Waals surface area (Å²) in [4.78, 5) is 13.3. The molecule has 2 N–H and O–H groups in total. The van der Waals surface area contributed by atoms with E-state index in [0.717, 1.165) is 12.1 Å². The van der Waals surface area contributed by atoms with Crippen molar-refractivity contribution in [2.24, 2.45) is 5.73 Å². The van der Waals surface area contributed by atoms with E-state index >= 15 is 0 Å². The van der Waals surface area contributed by atoms with Gasteiger partial charge in [-0.25, -0.2) is 8.78 Å². The van der Waals surface area contributed by atoms with Crippen molar-refractivity contribution in [1.82, 2.24) is 4.90 Å². The minimum absolute atomic E-state index is 0.0175. The normalized spacial score (nSPS) is 10.6. The second kappa shape index (κ2) is 5.83. The molecule has 6 heteroatoms. The first-order valence-electron chi connectivity index (χ1n) is 5.99. The standard InChI is InChI=1S/C14H14F2N2O2/c1-18(8-9-2-3-10(15)6-12(9)16)14(19)13-5-4-11(7-17)20-13/h2-6H,7-8,17H2,1H3. The lowest BCUT2D eigenvalue weighted by atomic mass is 10.2. The highest BCUT2D eigenvalue weighted by Crippen LogP contribution is 2.14. The lowest BCUT2D eigenvalue weighted by molar-refractivity contribution is 0.0750. The average Bonchev–Trinajstić information content (AvgIpc) is 2.89. The predicted molar refractivity (Wildman–Crippen MR) is 68.8 cm³/mol. The third-order valence-electron chi connectivity index (χ3n) is 2.84. The fourth-order valence-corrected chi connectivity index (χ4v) is 1.77. The van der Waals surface area contributed by atoms with E-state index in [9.17, 15) is 13.6 Å². The van der Waals surface area contributed by atoms with Gasteiger partial charge in [-0.2, -0.15) is 0 Å². The van der Waals surface area contributed by atoms with E-state index in [4.69, 9.17) is 10.2 Å². The van der Waals surface area contributed by atoms with Crippen LogP contribution < -0.4 is 5.73 Å². The first-order valence-corrected chi connectivity index (χ1v) is 5.99. The first kappa shape index (κ1) is 14.2. The van der Waals surface area contributed by atoms with E-state index in [1.807, 2.05) is 0 Å². The number of benzene rings is 1. The van der Waals surface area contributed by atoms with Gasteiger partial charge in [0.15, 0.2) is 5.76 Å². The minimum Gasteiger partial charge on any atom is -0.455 e. The molecule has 0 bridgehead atoms. The van der Waals surface area contributed by atoms with Crippen molar-refractivity contribution < 1.29 is 18.0 Å². The van der Waals surface area contributed by atoms with Crippen LogP contribution in [0.25, 0.3) is 0 Å². The van der Waals surface area contributed by atoms with Crippen molar-refractivity contribution >= 4 is 5.91 Å². The van der Waals surface area contributed by atoms with Crippen LogP contribution in [0.1, 0.15) is 21.9 Å². The largest absolute Gasteiger partial charge is 0.455 e. The fraction of sp³-hybridized carbons (Fsp3) is 0.214. The quantitative estimate of drug-likeness (QED) is 0.934. The topological polar surface area (TPSA) is 59.5 Å². The molecule has 1 aromatic heterocycles. The van der Waals surface area contributed by atoms with Gasteiger partial charge in [0.2, 0.25) is 0 Å². The number of carbonyl (C=O) groups excluding carboxylic acids is 1. The summed E-state index contributed by atoms with van der Waals surface area (Å²) < 4.78 is 31.6. The summed E-state index contributed by atoms with van der Waals surface area (Å²) in [7, 11) is 1.51. The number of rotatable bonds is 4. The van der Waals surface area contributed by atoms with Gasteiger partial charge in [-0.05, 0) is 18.2 Å². The molecule has 1 amide bonds. The van der Waals surface area contributed by atoms with Crippen LogP contribution in [0.5, 0.6) is 0 Å². The highest BCUT2D eigenvalue weighted by Gasteiger charge is 2.17. The summed E-state index contributed by atoms with van der Waals surface area (Å²) in [6, 6.07) is 6.37. The van der Waals surface area contributed by atoms with E-state index in [0.29, 0.717) is 5.76 Å². The summed E-state index contributed by atoms with van der Waals surface area (Å²) in [5, 5.41) is 0. The number of hydrogen-bond donors (Lipinski definition) is 1. The number of nitrogens with zero attached hydrogens (tertiary/aromatic N) is 1. The molecule has 1 aromatic carbocycles. The molecule has 106 valence electrons. The Morgan fingerprint density at radius 2 is 2.05 bits per heavy atom. The maximum absolute atomic E-state index is 13.5. The maximum Gasteiger partial charge on any atom is 0.289 e. The fourth-order valence-electron chi connectivity index (χ4n) is 1.77. The van der Waals surface area contributed by atoms with Crippen LogP contribution in [0.4, 0.5) is 8.78 Å². The summed E-state index contributed by atoms with van der Waals surface area (Å²) in [5.41, 5.74) is 5.62. The Labute approximate surface area is 114 Å². The lowest BCUT2D eigenvalue weighted by Crippen LogP contribution is -2.26. The van der Waals surface area contributed by atoms with Gasteiger partial charge >= 0.3 is 0 Å². The van der Waals surface area contributed by atoms with Gasteiger partial charge in [0, 0.05) is 25.2 Å². The number of nitrogens with two attached hydrogens (primary N) is 1. The molecular weight excluding hydrogens is 266 g/mol. The van der Waals surface area contributed by atoms with Gasteiger partial charge < -0.3 is 15.1 Å². The van der Waals surface area contributed by atoms with E-state index in [2.05, 4.69) is 0 Å². The number of hydrogen-bond acceptors (Lipinski definition) is 3. The summed E-state index contributed by atoms with van der Waals surface area (Å²) in [6.45, 7) is 0.215. The molecule has 2 rings (SSSR count). The Morgan fingerprint density at radius 1 is 1.30 bits per heavy atom. The maximum atomic E-state index is 13.5. The van der Waals surface area contributed by atoms with Crippen LogP contribution >= 0.6 is 0 Å². The lowest BCUT2D eigenvalue weighted by Gasteiger charge is -2.16. The van der Waals surface area contributed by atoms with Crippen molar-refractivity contribution in [3.8, 4) is 0 Å². The molecule has 20 heavy (non-hydrogen) atoms. The van der Waals surface area contributed by atoms with Crippen molar-refractivity contribution in [2.45, 2.75) is 13.1 Å². The molecule has 0 saturated carbocycles. The average molecular weight is 280 g/mol. The Kier molecular flexibility index (Phi) is 4.14. The molecule has 0 radical (unpaired) electrons. The van der Waals surface area contributed by atoms with Crippen molar-refractivity contribution in [1.29, 1.82) is 0 Å². The zero-order chi connectivity index (χ0) is 14.7. The highest BCUT2D eigenvalue weighted by atomic mass is 19.1. The Hall–Kier alpha value is -2.21. The molecule has 0 aliphatic heterocycles.